The van der Waals surface area contributed by atoms with E-state index >= 15 is 0 Å². The number of fused-ring (bicyclic) bond motifs is 3. The van der Waals surface area contributed by atoms with Crippen LogP contribution in [-0.4, -0.2) is 15.5 Å². The summed E-state index contributed by atoms with van der Waals surface area (Å²) in [6, 6.07) is 9.56. The Balaban J connectivity index is 1.45. The number of thiophene rings is 1. The van der Waals surface area contributed by atoms with E-state index in [1.54, 1.807) is 17.7 Å². The normalized spacial score (nSPS) is 16.3. The molecule has 0 unspecified atom stereocenters. The summed E-state index contributed by atoms with van der Waals surface area (Å²) in [5, 5.41) is 0.752. The van der Waals surface area contributed by atoms with E-state index in [-0.39, 0.29) is 31.1 Å². The molecule has 4 rings (SSSR count). The summed E-state index contributed by atoms with van der Waals surface area (Å²) >= 11 is 1.64. The monoisotopic (exact) mass is 382 g/mol. The zero-order valence-corrected chi connectivity index (χ0v) is 16.1. The molecule has 2 heterocycles. The molecule has 1 aliphatic rings. The summed E-state index contributed by atoms with van der Waals surface area (Å²) in [7, 11) is 0. The zero-order valence-electron chi connectivity index (χ0n) is 15.3. The summed E-state index contributed by atoms with van der Waals surface area (Å²) in [5.41, 5.74) is 2.08. The van der Waals surface area contributed by atoms with Gasteiger partial charge in [-0.25, -0.2) is 4.98 Å². The Morgan fingerprint density at radius 3 is 2.96 bits per heavy atom. The number of aryl methyl sites for hydroxylation is 2. The Labute approximate surface area is 161 Å². The molecule has 0 radical (unpaired) electrons. The fraction of sp³-hybridized carbons (Fsp3) is 0.381. The third kappa shape index (κ3) is 3.81. The molecule has 0 spiro atoms. The Kier molecular flexibility index (Phi) is 5.07. The quantitative estimate of drug-likeness (QED) is 0.631. The van der Waals surface area contributed by atoms with Crippen molar-refractivity contribution in [3.63, 3.8) is 0 Å². The molecule has 1 aromatic carbocycles. The average molecular weight is 382 g/mol. The lowest BCUT2D eigenvalue weighted by Gasteiger charge is -2.17. The number of esters is 1. The second kappa shape index (κ2) is 7.64. The van der Waals surface area contributed by atoms with E-state index in [1.807, 2.05) is 30.3 Å². The number of rotatable bonds is 5. The van der Waals surface area contributed by atoms with Crippen LogP contribution in [-0.2, 0) is 35.5 Å². The van der Waals surface area contributed by atoms with Crippen molar-refractivity contribution in [1.29, 1.82) is 0 Å². The van der Waals surface area contributed by atoms with E-state index in [1.165, 1.54) is 15.0 Å². The van der Waals surface area contributed by atoms with Gasteiger partial charge in [-0.05, 0) is 36.3 Å². The van der Waals surface area contributed by atoms with Gasteiger partial charge in [-0.15, -0.1) is 11.3 Å². The van der Waals surface area contributed by atoms with Crippen molar-refractivity contribution in [2.45, 2.75) is 45.8 Å². The molecule has 2 aromatic heterocycles. The van der Waals surface area contributed by atoms with Crippen LogP contribution in [0, 0.1) is 5.92 Å². The van der Waals surface area contributed by atoms with Crippen LogP contribution in [0.15, 0.2) is 41.5 Å². The molecular weight excluding hydrogens is 360 g/mol. The number of hydrogen-bond donors (Lipinski definition) is 0. The maximum atomic E-state index is 12.9. The molecular formula is C21H22N2O3S. The summed E-state index contributed by atoms with van der Waals surface area (Å²) in [6.45, 7) is 2.79. The Hall–Kier alpha value is -2.47. The minimum Gasteiger partial charge on any atom is -0.461 e. The first-order valence-electron chi connectivity index (χ1n) is 9.31. The average Bonchev–Trinajstić information content (AvgIpc) is 3.05. The largest absolute Gasteiger partial charge is 0.461 e. The van der Waals surface area contributed by atoms with Gasteiger partial charge in [-0.3, -0.25) is 14.2 Å². The Bertz CT molecular complexity index is 1020. The summed E-state index contributed by atoms with van der Waals surface area (Å²) in [5.74, 6) is 0.346. The van der Waals surface area contributed by atoms with Crippen LogP contribution in [0.3, 0.4) is 0 Å². The molecule has 0 saturated heterocycles. The highest BCUT2D eigenvalue weighted by Crippen LogP contribution is 2.35. The van der Waals surface area contributed by atoms with Gasteiger partial charge in [0.15, 0.2) is 0 Å². The molecule has 0 N–H and O–H groups in total. The highest BCUT2D eigenvalue weighted by atomic mass is 32.1. The van der Waals surface area contributed by atoms with Gasteiger partial charge in [-0.2, -0.15) is 0 Å². The highest BCUT2D eigenvalue weighted by molar-refractivity contribution is 7.18. The molecule has 3 aromatic rings. The predicted molar refractivity (Wildman–Crippen MR) is 106 cm³/mol. The Morgan fingerprint density at radius 2 is 2.15 bits per heavy atom. The van der Waals surface area contributed by atoms with E-state index in [0.29, 0.717) is 5.92 Å². The lowest BCUT2D eigenvalue weighted by molar-refractivity contribution is -0.145. The van der Waals surface area contributed by atoms with Crippen LogP contribution in [0.2, 0.25) is 0 Å². The van der Waals surface area contributed by atoms with Gasteiger partial charge in [0.05, 0.1) is 18.1 Å². The second-order valence-electron chi connectivity index (χ2n) is 7.17. The maximum absolute atomic E-state index is 12.9. The lowest BCUT2D eigenvalue weighted by Crippen LogP contribution is -2.23. The topological polar surface area (TPSA) is 61.2 Å². The number of nitrogens with zero attached hydrogens (tertiary/aromatic N) is 2. The lowest BCUT2D eigenvalue weighted by atomic mass is 9.89. The van der Waals surface area contributed by atoms with E-state index < -0.39 is 0 Å². The van der Waals surface area contributed by atoms with Crippen molar-refractivity contribution in [1.82, 2.24) is 9.55 Å². The predicted octanol–water partition coefficient (Wildman–Crippen LogP) is 3.72. The van der Waals surface area contributed by atoms with Gasteiger partial charge in [0.1, 0.15) is 11.4 Å². The first kappa shape index (κ1) is 17.9. The van der Waals surface area contributed by atoms with Crippen molar-refractivity contribution in [2.75, 3.05) is 0 Å². The van der Waals surface area contributed by atoms with Crippen LogP contribution in [0.4, 0.5) is 0 Å². The molecule has 1 aliphatic carbocycles. The van der Waals surface area contributed by atoms with Crippen LogP contribution < -0.4 is 5.56 Å². The van der Waals surface area contributed by atoms with Crippen molar-refractivity contribution in [2.24, 2.45) is 5.92 Å². The van der Waals surface area contributed by atoms with Gasteiger partial charge in [0.25, 0.3) is 5.56 Å². The van der Waals surface area contributed by atoms with Crippen molar-refractivity contribution >= 4 is 27.5 Å². The summed E-state index contributed by atoms with van der Waals surface area (Å²) in [4.78, 5) is 31.5. The molecule has 0 amide bonds. The number of carbonyl (C=O) groups is 1. The van der Waals surface area contributed by atoms with E-state index in [2.05, 4.69) is 11.9 Å². The van der Waals surface area contributed by atoms with Crippen LogP contribution in [0.5, 0.6) is 0 Å². The molecule has 6 heteroatoms. The smallest absolute Gasteiger partial charge is 0.307 e. The fourth-order valence-corrected chi connectivity index (χ4v) is 4.89. The van der Waals surface area contributed by atoms with E-state index in [9.17, 15) is 9.59 Å². The Morgan fingerprint density at radius 1 is 1.33 bits per heavy atom. The minimum absolute atomic E-state index is 0.0390. The number of carbonyl (C=O) groups excluding carboxylic acids is 1. The molecule has 140 valence electrons. The third-order valence-corrected chi connectivity index (χ3v) is 6.24. The van der Waals surface area contributed by atoms with Gasteiger partial charge < -0.3 is 4.74 Å². The van der Waals surface area contributed by atoms with Gasteiger partial charge in [-0.1, -0.05) is 37.3 Å². The second-order valence-corrected chi connectivity index (χ2v) is 8.25. The number of ether oxygens (including phenoxy) is 1. The fourth-order valence-electron chi connectivity index (χ4n) is 3.55. The first-order valence-corrected chi connectivity index (χ1v) is 10.1. The van der Waals surface area contributed by atoms with E-state index in [4.69, 9.17) is 4.74 Å². The molecule has 0 saturated carbocycles. The SMILES string of the molecule is C[C@H]1CCc2c(sc3ncn(CCC(=O)OCc4ccccc4)c(=O)c23)C1. The van der Waals surface area contributed by atoms with Crippen LogP contribution >= 0.6 is 11.3 Å². The molecule has 1 atom stereocenters. The number of benzene rings is 1. The van der Waals surface area contributed by atoms with Crippen molar-refractivity contribution in [3.05, 3.63) is 63.0 Å². The summed E-state index contributed by atoms with van der Waals surface area (Å²) in [6.07, 6.45) is 4.79. The van der Waals surface area contributed by atoms with Gasteiger partial charge in [0.2, 0.25) is 0 Å². The van der Waals surface area contributed by atoms with Crippen molar-refractivity contribution in [3.8, 4) is 0 Å². The van der Waals surface area contributed by atoms with Gasteiger partial charge in [0, 0.05) is 11.4 Å². The molecule has 0 aliphatic heterocycles. The number of aromatic nitrogens is 2. The van der Waals surface area contributed by atoms with Gasteiger partial charge >= 0.3 is 5.97 Å². The first-order chi connectivity index (χ1) is 13.1. The molecule has 0 fully saturated rings. The molecule has 0 bridgehead atoms. The van der Waals surface area contributed by atoms with Crippen LogP contribution in [0.25, 0.3) is 10.2 Å². The van der Waals surface area contributed by atoms with Crippen molar-refractivity contribution < 1.29 is 9.53 Å². The third-order valence-electron chi connectivity index (χ3n) is 5.08. The van der Waals surface area contributed by atoms with Crippen LogP contribution in [0.1, 0.15) is 35.8 Å². The van der Waals surface area contributed by atoms with E-state index in [0.717, 1.165) is 35.0 Å². The zero-order chi connectivity index (χ0) is 18.8. The summed E-state index contributed by atoms with van der Waals surface area (Å²) < 4.78 is 6.83. The maximum Gasteiger partial charge on any atom is 0.307 e. The highest BCUT2D eigenvalue weighted by Gasteiger charge is 2.23. The standard InChI is InChI=1S/C21H22N2O3S/c1-14-7-8-16-17(11-14)27-20-19(16)21(25)23(13-22-20)10-9-18(24)26-12-15-5-3-2-4-6-15/h2-6,13-14H,7-12H2,1H3/t14-/m0/s1. The number of hydrogen-bond acceptors (Lipinski definition) is 5. The minimum atomic E-state index is -0.313. The molecule has 5 nitrogen and oxygen atoms in total. The molecule has 27 heavy (non-hydrogen) atoms.